The van der Waals surface area contributed by atoms with Gasteiger partial charge in [-0.1, -0.05) is 66.2 Å². The molecule has 0 fully saturated rings. The van der Waals surface area contributed by atoms with Crippen molar-refractivity contribution >= 4 is 33.3 Å². The summed E-state index contributed by atoms with van der Waals surface area (Å²) in [6, 6.07) is 23.3. The Morgan fingerprint density at radius 2 is 1.35 bits per heavy atom. The van der Waals surface area contributed by atoms with Crippen LogP contribution in [-0.4, -0.2) is 10.1 Å². The number of aromatic nitrogens is 1. The number of nitrogens with zero attached hydrogens (tertiary/aromatic N) is 1. The molecule has 4 rings (SSSR count). The molecule has 0 spiro atoms. The van der Waals surface area contributed by atoms with E-state index in [4.69, 9.17) is 16.6 Å². The van der Waals surface area contributed by atoms with E-state index in [2.05, 4.69) is 12.1 Å². The number of pyridine rings is 1. The fourth-order valence-electron chi connectivity index (χ4n) is 2.94. The highest BCUT2D eigenvalue weighted by atomic mass is 35.5. The number of hydrogen-bond donors (Lipinski definition) is 1. The maximum atomic E-state index is 10.8. The lowest BCUT2D eigenvalue weighted by molar-refractivity contribution is 0.217. The number of para-hydroxylation sites is 1. The van der Waals surface area contributed by atoms with Gasteiger partial charge in [-0.05, 0) is 29.1 Å². The van der Waals surface area contributed by atoms with Gasteiger partial charge in [-0.25, -0.2) is 4.98 Å². The molecular weight excluding hydrogens is 306 g/mol. The summed E-state index contributed by atoms with van der Waals surface area (Å²) >= 11 is 5.94. The Morgan fingerprint density at radius 3 is 2.09 bits per heavy atom. The van der Waals surface area contributed by atoms with Crippen molar-refractivity contribution in [2.24, 2.45) is 0 Å². The number of rotatable bonds is 2. The van der Waals surface area contributed by atoms with Crippen LogP contribution < -0.4 is 0 Å². The zero-order valence-electron chi connectivity index (χ0n) is 12.3. The molecule has 0 bridgehead atoms. The molecule has 1 atom stereocenters. The highest BCUT2D eigenvalue weighted by molar-refractivity contribution is 6.30. The Bertz CT molecular complexity index is 995. The van der Waals surface area contributed by atoms with E-state index in [1.807, 2.05) is 48.5 Å². The van der Waals surface area contributed by atoms with Gasteiger partial charge in [0.05, 0.1) is 11.2 Å². The molecule has 0 saturated carbocycles. The highest BCUT2D eigenvalue weighted by Gasteiger charge is 2.17. The number of halogens is 1. The summed E-state index contributed by atoms with van der Waals surface area (Å²) in [5.74, 6) is 0. The molecule has 3 aromatic carbocycles. The lowest BCUT2D eigenvalue weighted by Gasteiger charge is -2.15. The molecule has 112 valence electrons. The van der Waals surface area contributed by atoms with Crippen LogP contribution in [0.5, 0.6) is 0 Å². The second-order valence-corrected chi connectivity index (χ2v) is 5.95. The van der Waals surface area contributed by atoms with Crippen LogP contribution in [0.1, 0.15) is 17.4 Å². The van der Waals surface area contributed by atoms with E-state index in [0.717, 1.165) is 27.2 Å². The van der Waals surface area contributed by atoms with E-state index in [1.165, 1.54) is 0 Å². The number of aliphatic hydroxyl groups excluding tert-OH is 1. The molecule has 1 N–H and O–H groups in total. The summed E-state index contributed by atoms with van der Waals surface area (Å²) in [7, 11) is 0. The van der Waals surface area contributed by atoms with E-state index in [1.54, 1.807) is 12.1 Å². The van der Waals surface area contributed by atoms with Crippen molar-refractivity contribution < 1.29 is 5.11 Å². The van der Waals surface area contributed by atoms with Crippen molar-refractivity contribution in [2.45, 2.75) is 6.10 Å². The van der Waals surface area contributed by atoms with Gasteiger partial charge in [0.25, 0.3) is 0 Å². The van der Waals surface area contributed by atoms with Gasteiger partial charge in [0, 0.05) is 15.8 Å². The van der Waals surface area contributed by atoms with Gasteiger partial charge in [0.15, 0.2) is 0 Å². The van der Waals surface area contributed by atoms with Crippen LogP contribution in [0.2, 0.25) is 5.02 Å². The minimum absolute atomic E-state index is 0.650. The van der Waals surface area contributed by atoms with Gasteiger partial charge >= 0.3 is 0 Å². The number of fused-ring (bicyclic) bond motifs is 3. The zero-order valence-corrected chi connectivity index (χ0v) is 13.0. The Hall–Kier alpha value is -2.42. The van der Waals surface area contributed by atoms with Crippen molar-refractivity contribution in [3.8, 4) is 0 Å². The van der Waals surface area contributed by atoms with E-state index >= 15 is 0 Å². The Labute approximate surface area is 139 Å². The lowest BCUT2D eigenvalue weighted by atomic mass is 9.98. The van der Waals surface area contributed by atoms with E-state index < -0.39 is 6.10 Å². The first-order valence-electron chi connectivity index (χ1n) is 7.45. The third-order valence-electron chi connectivity index (χ3n) is 4.08. The molecule has 0 aliphatic rings. The molecule has 1 aromatic heterocycles. The first-order chi connectivity index (χ1) is 11.2. The molecule has 3 heteroatoms. The molecule has 0 radical (unpaired) electrons. The summed E-state index contributed by atoms with van der Waals surface area (Å²) in [6.07, 6.45) is -0.790. The molecule has 0 saturated heterocycles. The van der Waals surface area contributed by atoms with Crippen LogP contribution in [0.4, 0.5) is 0 Å². The van der Waals surface area contributed by atoms with Crippen LogP contribution in [0, 0.1) is 0 Å². The zero-order chi connectivity index (χ0) is 15.8. The first-order valence-corrected chi connectivity index (χ1v) is 7.83. The minimum atomic E-state index is -0.790. The Balaban J connectivity index is 1.99. The second kappa shape index (κ2) is 5.65. The molecule has 0 aliphatic heterocycles. The standard InChI is InChI=1S/C20H14ClNO/c21-14-11-9-13(10-12-14)20(23)19-17-7-2-1-5-15(17)16-6-3-4-8-18(16)22-19/h1-12,20,23H/t20-/m1/s1. The molecule has 23 heavy (non-hydrogen) atoms. The van der Waals surface area contributed by atoms with Crippen LogP contribution in [-0.2, 0) is 0 Å². The Morgan fingerprint density at radius 1 is 0.739 bits per heavy atom. The maximum absolute atomic E-state index is 10.8. The van der Waals surface area contributed by atoms with E-state index in [-0.39, 0.29) is 0 Å². The summed E-state index contributed by atoms with van der Waals surface area (Å²) in [5.41, 5.74) is 2.33. The molecule has 1 heterocycles. The van der Waals surface area contributed by atoms with Gasteiger partial charge in [-0.15, -0.1) is 0 Å². The normalized spacial score (nSPS) is 12.6. The van der Waals surface area contributed by atoms with E-state index in [0.29, 0.717) is 10.7 Å². The van der Waals surface area contributed by atoms with Gasteiger partial charge in [0.2, 0.25) is 0 Å². The van der Waals surface area contributed by atoms with Crippen molar-refractivity contribution in [1.29, 1.82) is 0 Å². The summed E-state index contributed by atoms with van der Waals surface area (Å²) < 4.78 is 0. The van der Waals surface area contributed by atoms with Crippen molar-refractivity contribution in [3.05, 3.63) is 89.1 Å². The van der Waals surface area contributed by atoms with Gasteiger partial charge in [-0.3, -0.25) is 0 Å². The highest BCUT2D eigenvalue weighted by Crippen LogP contribution is 2.32. The predicted octanol–water partition coefficient (Wildman–Crippen LogP) is 5.12. The molecule has 4 aromatic rings. The fraction of sp³-hybridized carbons (Fsp3) is 0.0500. The molecule has 0 aliphatic carbocycles. The fourth-order valence-corrected chi connectivity index (χ4v) is 3.07. The molecule has 0 unspecified atom stereocenters. The van der Waals surface area contributed by atoms with E-state index in [9.17, 15) is 5.11 Å². The predicted molar refractivity (Wildman–Crippen MR) is 94.8 cm³/mol. The Kier molecular flexibility index (Phi) is 3.49. The largest absolute Gasteiger partial charge is 0.382 e. The quantitative estimate of drug-likeness (QED) is 0.520. The topological polar surface area (TPSA) is 33.1 Å². The average molecular weight is 320 g/mol. The lowest BCUT2D eigenvalue weighted by Crippen LogP contribution is -2.04. The van der Waals surface area contributed by atoms with Crippen LogP contribution >= 0.6 is 11.6 Å². The SMILES string of the molecule is O[C@H](c1ccc(Cl)cc1)c1nc2ccccc2c2ccccc12. The molecular formula is C20H14ClNO. The average Bonchev–Trinajstić information content (AvgIpc) is 2.61. The number of benzene rings is 3. The second-order valence-electron chi connectivity index (χ2n) is 5.51. The number of hydrogen-bond acceptors (Lipinski definition) is 2. The van der Waals surface area contributed by atoms with Crippen molar-refractivity contribution in [2.75, 3.05) is 0 Å². The summed E-state index contributed by atoms with van der Waals surface area (Å²) in [5, 5.41) is 14.6. The monoisotopic (exact) mass is 319 g/mol. The van der Waals surface area contributed by atoms with Gasteiger partial charge in [-0.2, -0.15) is 0 Å². The van der Waals surface area contributed by atoms with Crippen LogP contribution in [0.15, 0.2) is 72.8 Å². The minimum Gasteiger partial charge on any atom is -0.382 e. The third-order valence-corrected chi connectivity index (χ3v) is 4.33. The summed E-state index contributed by atoms with van der Waals surface area (Å²) in [6.45, 7) is 0. The molecule has 2 nitrogen and oxygen atoms in total. The maximum Gasteiger partial charge on any atom is 0.122 e. The van der Waals surface area contributed by atoms with Crippen molar-refractivity contribution in [3.63, 3.8) is 0 Å². The van der Waals surface area contributed by atoms with Gasteiger partial charge in [0.1, 0.15) is 6.10 Å². The van der Waals surface area contributed by atoms with Crippen LogP contribution in [0.3, 0.4) is 0 Å². The van der Waals surface area contributed by atoms with Crippen molar-refractivity contribution in [1.82, 2.24) is 4.98 Å². The summed E-state index contributed by atoms with van der Waals surface area (Å²) in [4.78, 5) is 4.72. The van der Waals surface area contributed by atoms with Crippen LogP contribution in [0.25, 0.3) is 21.7 Å². The number of aliphatic hydroxyl groups is 1. The molecule has 0 amide bonds. The smallest absolute Gasteiger partial charge is 0.122 e. The third kappa shape index (κ3) is 2.46. The first kappa shape index (κ1) is 14.2. The van der Waals surface area contributed by atoms with Gasteiger partial charge < -0.3 is 5.11 Å².